The van der Waals surface area contributed by atoms with Crippen molar-refractivity contribution in [1.82, 2.24) is 14.1 Å². The van der Waals surface area contributed by atoms with Gasteiger partial charge in [-0.15, -0.1) is 0 Å². The molecule has 0 unspecified atom stereocenters. The predicted molar refractivity (Wildman–Crippen MR) is 93.5 cm³/mol. The average Bonchev–Trinajstić information content (AvgIpc) is 2.63. The number of pyridine rings is 1. The summed E-state index contributed by atoms with van der Waals surface area (Å²) in [5.41, 5.74) is -0.655. The van der Waals surface area contributed by atoms with E-state index in [1.54, 1.807) is 0 Å². The Kier molecular flexibility index (Phi) is 4.57. The number of allylic oxidation sites excluding steroid dienone is 2. The van der Waals surface area contributed by atoms with Crippen molar-refractivity contribution < 1.29 is 9.53 Å². The molecule has 1 aliphatic carbocycles. The number of esters is 1. The molecule has 0 radical (unpaired) electrons. The minimum absolute atomic E-state index is 0.0924. The second-order valence-corrected chi connectivity index (χ2v) is 6.55. The monoisotopic (exact) mass is 343 g/mol. The Morgan fingerprint density at radius 3 is 2.64 bits per heavy atom. The molecule has 2 atom stereocenters. The number of aryl methyl sites for hydroxylation is 1. The second kappa shape index (κ2) is 6.66. The molecule has 0 bridgehead atoms. The van der Waals surface area contributed by atoms with E-state index in [4.69, 9.17) is 4.74 Å². The van der Waals surface area contributed by atoms with E-state index in [-0.39, 0.29) is 16.7 Å². The van der Waals surface area contributed by atoms with Gasteiger partial charge in [-0.25, -0.2) is 14.6 Å². The molecule has 0 fully saturated rings. The van der Waals surface area contributed by atoms with Crippen molar-refractivity contribution in [2.24, 2.45) is 25.9 Å². The number of aromatic nitrogens is 3. The van der Waals surface area contributed by atoms with Gasteiger partial charge in [0.1, 0.15) is 5.65 Å². The number of nitrogens with zero attached hydrogens (tertiary/aromatic N) is 3. The van der Waals surface area contributed by atoms with Crippen molar-refractivity contribution in [2.75, 3.05) is 6.61 Å². The van der Waals surface area contributed by atoms with Gasteiger partial charge < -0.3 is 4.74 Å². The molecule has 0 amide bonds. The quantitative estimate of drug-likeness (QED) is 0.621. The van der Waals surface area contributed by atoms with Crippen molar-refractivity contribution in [1.29, 1.82) is 0 Å². The maximum atomic E-state index is 12.3. The smallest absolute Gasteiger partial charge is 0.357 e. The molecule has 2 heterocycles. The van der Waals surface area contributed by atoms with Gasteiger partial charge in [-0.3, -0.25) is 13.9 Å². The first-order chi connectivity index (χ1) is 11.9. The fourth-order valence-corrected chi connectivity index (χ4v) is 3.06. The number of rotatable bonds is 3. The first-order valence-corrected chi connectivity index (χ1v) is 8.29. The summed E-state index contributed by atoms with van der Waals surface area (Å²) in [6.45, 7) is 2.47. The standard InChI is InChI=1S/C18H21N3O4/c1-11-6-4-5-7-12(11)10-25-17(23)14-9-8-13-15(19-14)20(2)18(24)21(3)16(13)22/h4-5,8-9,11-12H,6-7,10H2,1-3H3/t11-,12-/m0/s1. The summed E-state index contributed by atoms with van der Waals surface area (Å²) >= 11 is 0. The number of hydrogen-bond acceptors (Lipinski definition) is 5. The zero-order valence-corrected chi connectivity index (χ0v) is 14.6. The van der Waals surface area contributed by atoms with Crippen molar-refractivity contribution in [3.8, 4) is 0 Å². The van der Waals surface area contributed by atoms with Gasteiger partial charge in [0, 0.05) is 14.1 Å². The lowest BCUT2D eigenvalue weighted by Gasteiger charge is -2.24. The van der Waals surface area contributed by atoms with Gasteiger partial charge in [0.25, 0.3) is 5.56 Å². The summed E-state index contributed by atoms with van der Waals surface area (Å²) in [6, 6.07) is 2.97. The number of carbonyl (C=O) groups excluding carboxylic acids is 1. The van der Waals surface area contributed by atoms with Gasteiger partial charge in [0.15, 0.2) is 5.69 Å². The SMILES string of the molecule is C[C@H]1CC=CC[C@H]1COC(=O)c1ccc2c(=O)n(C)c(=O)n(C)c2n1. The molecule has 0 aliphatic heterocycles. The molecule has 0 N–H and O–H groups in total. The van der Waals surface area contributed by atoms with Crippen LogP contribution in [0.15, 0.2) is 33.9 Å². The highest BCUT2D eigenvalue weighted by Gasteiger charge is 2.21. The van der Waals surface area contributed by atoms with Crippen LogP contribution in [0, 0.1) is 11.8 Å². The first-order valence-electron chi connectivity index (χ1n) is 8.29. The van der Waals surface area contributed by atoms with Crippen molar-refractivity contribution in [3.63, 3.8) is 0 Å². The largest absolute Gasteiger partial charge is 0.461 e. The lowest BCUT2D eigenvalue weighted by Crippen LogP contribution is -2.37. The van der Waals surface area contributed by atoms with Crippen LogP contribution in [0.5, 0.6) is 0 Å². The fraction of sp³-hybridized carbons (Fsp3) is 0.444. The van der Waals surface area contributed by atoms with Gasteiger partial charge in [0.2, 0.25) is 0 Å². The maximum Gasteiger partial charge on any atom is 0.357 e. The topological polar surface area (TPSA) is 83.2 Å². The molecule has 2 aromatic rings. The van der Waals surface area contributed by atoms with Crippen LogP contribution >= 0.6 is 0 Å². The molecule has 0 saturated carbocycles. The lowest BCUT2D eigenvalue weighted by atomic mass is 9.85. The molecule has 1 aliphatic rings. The van der Waals surface area contributed by atoms with Crippen LogP contribution in [-0.4, -0.2) is 26.7 Å². The molecular formula is C18H21N3O4. The van der Waals surface area contributed by atoms with Gasteiger partial charge in [-0.2, -0.15) is 0 Å². The summed E-state index contributed by atoms with van der Waals surface area (Å²) in [5.74, 6) is 0.217. The Bertz CT molecular complexity index is 971. The Morgan fingerprint density at radius 2 is 1.92 bits per heavy atom. The van der Waals surface area contributed by atoms with Crippen LogP contribution in [0.1, 0.15) is 30.3 Å². The van der Waals surface area contributed by atoms with Crippen molar-refractivity contribution in [2.45, 2.75) is 19.8 Å². The third-order valence-corrected chi connectivity index (χ3v) is 4.86. The summed E-state index contributed by atoms with van der Waals surface area (Å²) in [6.07, 6.45) is 6.14. The number of carbonyl (C=O) groups is 1. The maximum absolute atomic E-state index is 12.3. The molecule has 0 spiro atoms. The van der Waals surface area contributed by atoms with Gasteiger partial charge in [-0.1, -0.05) is 19.1 Å². The zero-order valence-electron chi connectivity index (χ0n) is 14.6. The lowest BCUT2D eigenvalue weighted by molar-refractivity contribution is 0.0389. The summed E-state index contributed by atoms with van der Waals surface area (Å²) < 4.78 is 7.67. The van der Waals surface area contributed by atoms with Gasteiger partial charge in [0.05, 0.1) is 12.0 Å². The van der Waals surface area contributed by atoms with E-state index in [1.165, 1.54) is 30.8 Å². The Labute approximate surface area is 144 Å². The molecule has 0 aromatic carbocycles. The minimum Gasteiger partial charge on any atom is -0.461 e. The number of hydrogen-bond donors (Lipinski definition) is 0. The second-order valence-electron chi connectivity index (χ2n) is 6.55. The van der Waals surface area contributed by atoms with Crippen molar-refractivity contribution >= 4 is 17.0 Å². The van der Waals surface area contributed by atoms with E-state index in [2.05, 4.69) is 24.1 Å². The number of fused-ring (bicyclic) bond motifs is 1. The highest BCUT2D eigenvalue weighted by molar-refractivity contribution is 5.90. The summed E-state index contributed by atoms with van der Waals surface area (Å²) in [4.78, 5) is 40.6. The summed E-state index contributed by atoms with van der Waals surface area (Å²) in [5, 5.41) is 0.284. The van der Waals surface area contributed by atoms with E-state index in [0.29, 0.717) is 18.4 Å². The fourth-order valence-electron chi connectivity index (χ4n) is 3.06. The Hall–Kier alpha value is -2.70. The van der Waals surface area contributed by atoms with Gasteiger partial charge in [-0.05, 0) is 36.8 Å². The summed E-state index contributed by atoms with van der Waals surface area (Å²) in [7, 11) is 2.92. The third kappa shape index (κ3) is 3.14. The van der Waals surface area contributed by atoms with Crippen LogP contribution in [0.25, 0.3) is 11.0 Å². The Morgan fingerprint density at radius 1 is 1.20 bits per heavy atom. The molecule has 7 nitrogen and oxygen atoms in total. The highest BCUT2D eigenvalue weighted by Crippen LogP contribution is 2.25. The van der Waals surface area contributed by atoms with Crippen LogP contribution in [0.4, 0.5) is 0 Å². The Balaban J connectivity index is 1.86. The van der Waals surface area contributed by atoms with Crippen LogP contribution in [0.3, 0.4) is 0 Å². The normalized spacial score (nSPS) is 20.0. The molecule has 132 valence electrons. The van der Waals surface area contributed by atoms with Crippen LogP contribution in [-0.2, 0) is 18.8 Å². The van der Waals surface area contributed by atoms with E-state index in [0.717, 1.165) is 17.4 Å². The number of ether oxygens (including phenoxy) is 1. The molecule has 3 rings (SSSR count). The van der Waals surface area contributed by atoms with Crippen molar-refractivity contribution in [3.05, 3.63) is 50.8 Å². The van der Waals surface area contributed by atoms with E-state index in [1.807, 2.05) is 0 Å². The van der Waals surface area contributed by atoms with E-state index >= 15 is 0 Å². The van der Waals surface area contributed by atoms with E-state index in [9.17, 15) is 14.4 Å². The molecule has 7 heteroatoms. The molecule has 2 aromatic heterocycles. The van der Waals surface area contributed by atoms with Gasteiger partial charge >= 0.3 is 11.7 Å². The minimum atomic E-state index is -0.545. The zero-order chi connectivity index (χ0) is 18.1. The average molecular weight is 343 g/mol. The highest BCUT2D eigenvalue weighted by atomic mass is 16.5. The predicted octanol–water partition coefficient (Wildman–Crippen LogP) is 1.39. The van der Waals surface area contributed by atoms with Crippen LogP contribution in [0.2, 0.25) is 0 Å². The molecule has 0 saturated heterocycles. The van der Waals surface area contributed by atoms with Crippen LogP contribution < -0.4 is 11.2 Å². The molecular weight excluding hydrogens is 322 g/mol. The third-order valence-electron chi connectivity index (χ3n) is 4.86. The first kappa shape index (κ1) is 17.1. The van der Waals surface area contributed by atoms with E-state index < -0.39 is 17.2 Å². The molecule has 25 heavy (non-hydrogen) atoms.